The van der Waals surface area contributed by atoms with Crippen LogP contribution >= 0.6 is 0 Å². The summed E-state index contributed by atoms with van der Waals surface area (Å²) in [6.07, 6.45) is 6.18. The Balaban J connectivity index is 2.09. The molecule has 6 nitrogen and oxygen atoms in total. The molecule has 0 spiro atoms. The van der Waals surface area contributed by atoms with Gasteiger partial charge in [-0.25, -0.2) is 0 Å². The molecule has 1 aromatic heterocycles. The average Bonchev–Trinajstić information content (AvgIpc) is 2.74. The van der Waals surface area contributed by atoms with Crippen LogP contribution in [0.25, 0.3) is 0 Å². The summed E-state index contributed by atoms with van der Waals surface area (Å²) < 4.78 is 4.86. The zero-order chi connectivity index (χ0) is 14.5. The Morgan fingerprint density at radius 3 is 2.75 bits per heavy atom. The van der Waals surface area contributed by atoms with Crippen molar-refractivity contribution in [1.29, 1.82) is 0 Å². The molecule has 20 heavy (non-hydrogen) atoms. The maximum Gasteiger partial charge on any atom is 0.310 e. The zero-order valence-corrected chi connectivity index (χ0v) is 11.9. The lowest BCUT2D eigenvalue weighted by Crippen LogP contribution is -2.43. The number of H-pyrrole nitrogens is 1. The van der Waals surface area contributed by atoms with Crippen LogP contribution in [0.1, 0.15) is 48.2 Å². The molecule has 1 fully saturated rings. The van der Waals surface area contributed by atoms with Gasteiger partial charge in [0.25, 0.3) is 5.91 Å². The summed E-state index contributed by atoms with van der Waals surface area (Å²) in [6.45, 7) is 1.80. The van der Waals surface area contributed by atoms with E-state index in [1.54, 1.807) is 6.92 Å². The fourth-order valence-corrected chi connectivity index (χ4v) is 2.74. The Kier molecular flexibility index (Phi) is 4.76. The third-order valence-electron chi connectivity index (χ3n) is 3.91. The Morgan fingerprint density at radius 2 is 2.10 bits per heavy atom. The molecule has 1 aliphatic carbocycles. The highest BCUT2D eigenvalue weighted by molar-refractivity contribution is 5.95. The fourth-order valence-electron chi connectivity index (χ4n) is 2.74. The molecular weight excluding hydrogens is 258 g/mol. The van der Waals surface area contributed by atoms with Crippen LogP contribution in [0.2, 0.25) is 0 Å². The second-order valence-corrected chi connectivity index (χ2v) is 5.26. The minimum Gasteiger partial charge on any atom is -0.469 e. The van der Waals surface area contributed by atoms with Crippen LogP contribution in [-0.4, -0.2) is 35.2 Å². The first-order chi connectivity index (χ1) is 9.63. The topological polar surface area (TPSA) is 84.1 Å². The number of nitrogens with one attached hydrogen (secondary N) is 2. The zero-order valence-electron chi connectivity index (χ0n) is 11.9. The van der Waals surface area contributed by atoms with Gasteiger partial charge in [-0.2, -0.15) is 5.10 Å². The van der Waals surface area contributed by atoms with Crippen molar-refractivity contribution in [3.8, 4) is 0 Å². The Bertz CT molecular complexity index is 484. The van der Waals surface area contributed by atoms with Crippen LogP contribution < -0.4 is 5.32 Å². The molecule has 1 heterocycles. The second kappa shape index (κ2) is 6.54. The van der Waals surface area contributed by atoms with E-state index in [0.29, 0.717) is 5.56 Å². The van der Waals surface area contributed by atoms with Gasteiger partial charge in [0.1, 0.15) is 0 Å². The second-order valence-electron chi connectivity index (χ2n) is 5.26. The van der Waals surface area contributed by atoms with E-state index in [1.807, 2.05) is 0 Å². The minimum atomic E-state index is -0.251. The number of esters is 1. The summed E-state index contributed by atoms with van der Waals surface area (Å²) in [7, 11) is 1.40. The summed E-state index contributed by atoms with van der Waals surface area (Å²) in [4.78, 5) is 24.1. The van der Waals surface area contributed by atoms with E-state index in [9.17, 15) is 9.59 Å². The van der Waals surface area contributed by atoms with Gasteiger partial charge < -0.3 is 10.1 Å². The number of rotatable bonds is 3. The van der Waals surface area contributed by atoms with Crippen LogP contribution in [0.15, 0.2) is 6.20 Å². The van der Waals surface area contributed by atoms with E-state index in [0.717, 1.165) is 37.8 Å². The molecule has 0 unspecified atom stereocenters. The number of aromatic nitrogens is 2. The fraction of sp³-hybridized carbons (Fsp3) is 0.643. The number of hydrogen-bond donors (Lipinski definition) is 2. The van der Waals surface area contributed by atoms with Crippen molar-refractivity contribution in [2.24, 2.45) is 5.92 Å². The first-order valence-corrected chi connectivity index (χ1v) is 7.02. The molecule has 1 saturated carbocycles. The standard InChI is InChI=1S/C14H21N3O3/c1-9-11(8-15-17-9)13(18)16-12-7-5-3-4-6-10(12)14(19)20-2/h8,10,12H,3-7H2,1-2H3,(H,15,17)(H,16,18)/t10-,12-/m0/s1. The molecule has 2 atom stereocenters. The largest absolute Gasteiger partial charge is 0.469 e. The lowest BCUT2D eigenvalue weighted by atomic mass is 9.94. The summed E-state index contributed by atoms with van der Waals surface area (Å²) in [5, 5.41) is 9.56. The third kappa shape index (κ3) is 3.18. The van der Waals surface area contributed by atoms with E-state index < -0.39 is 0 Å². The molecular formula is C14H21N3O3. The first kappa shape index (κ1) is 14.6. The van der Waals surface area contributed by atoms with Gasteiger partial charge in [0.15, 0.2) is 0 Å². The molecule has 0 bridgehead atoms. The highest BCUT2D eigenvalue weighted by Gasteiger charge is 2.32. The van der Waals surface area contributed by atoms with Crippen molar-refractivity contribution in [3.05, 3.63) is 17.5 Å². The number of carbonyl (C=O) groups is 2. The number of ether oxygens (including phenoxy) is 1. The predicted octanol–water partition coefficient (Wildman–Crippen LogP) is 1.57. The van der Waals surface area contributed by atoms with E-state index in [1.165, 1.54) is 13.3 Å². The monoisotopic (exact) mass is 279 g/mol. The van der Waals surface area contributed by atoms with Crippen LogP contribution in [0.5, 0.6) is 0 Å². The number of aromatic amines is 1. The quantitative estimate of drug-likeness (QED) is 0.649. The molecule has 0 saturated heterocycles. The van der Waals surface area contributed by atoms with Crippen LogP contribution in [0, 0.1) is 12.8 Å². The molecule has 6 heteroatoms. The molecule has 2 rings (SSSR count). The number of carbonyl (C=O) groups excluding carboxylic acids is 2. The first-order valence-electron chi connectivity index (χ1n) is 7.02. The molecule has 110 valence electrons. The summed E-state index contributed by atoms with van der Waals surface area (Å²) >= 11 is 0. The van der Waals surface area contributed by atoms with E-state index in [2.05, 4.69) is 15.5 Å². The molecule has 1 aromatic rings. The lowest BCUT2D eigenvalue weighted by molar-refractivity contribution is -0.146. The molecule has 0 radical (unpaired) electrons. The van der Waals surface area contributed by atoms with Gasteiger partial charge in [-0.1, -0.05) is 19.3 Å². The summed E-state index contributed by atoms with van der Waals surface area (Å²) in [5.41, 5.74) is 1.25. The number of hydrogen-bond acceptors (Lipinski definition) is 4. The van der Waals surface area contributed by atoms with Gasteiger partial charge in [0.2, 0.25) is 0 Å². The molecule has 2 N–H and O–H groups in total. The van der Waals surface area contributed by atoms with E-state index >= 15 is 0 Å². The molecule has 0 aliphatic heterocycles. The van der Waals surface area contributed by atoms with Crippen molar-refractivity contribution in [1.82, 2.24) is 15.5 Å². The van der Waals surface area contributed by atoms with Crippen molar-refractivity contribution in [2.75, 3.05) is 7.11 Å². The number of aryl methyl sites for hydroxylation is 1. The van der Waals surface area contributed by atoms with Crippen LogP contribution in [0.4, 0.5) is 0 Å². The average molecular weight is 279 g/mol. The highest BCUT2D eigenvalue weighted by atomic mass is 16.5. The molecule has 1 aliphatic rings. The Morgan fingerprint density at radius 1 is 1.35 bits per heavy atom. The maximum absolute atomic E-state index is 12.2. The van der Waals surface area contributed by atoms with E-state index in [-0.39, 0.29) is 23.8 Å². The number of amides is 1. The predicted molar refractivity (Wildman–Crippen MR) is 73.2 cm³/mol. The summed E-state index contributed by atoms with van der Waals surface area (Å²) in [5.74, 6) is -0.670. The van der Waals surface area contributed by atoms with Gasteiger partial charge in [-0.3, -0.25) is 14.7 Å². The number of nitrogens with zero attached hydrogens (tertiary/aromatic N) is 1. The smallest absolute Gasteiger partial charge is 0.310 e. The minimum absolute atomic E-state index is 0.160. The maximum atomic E-state index is 12.2. The van der Waals surface area contributed by atoms with Gasteiger partial charge >= 0.3 is 5.97 Å². The molecule has 0 aromatic carbocycles. The van der Waals surface area contributed by atoms with Crippen molar-refractivity contribution in [2.45, 2.75) is 45.1 Å². The van der Waals surface area contributed by atoms with Crippen LogP contribution in [-0.2, 0) is 9.53 Å². The van der Waals surface area contributed by atoms with Gasteiger partial charge in [0, 0.05) is 11.7 Å². The van der Waals surface area contributed by atoms with Gasteiger partial charge in [-0.05, 0) is 19.8 Å². The van der Waals surface area contributed by atoms with Crippen LogP contribution in [0.3, 0.4) is 0 Å². The van der Waals surface area contributed by atoms with E-state index in [4.69, 9.17) is 4.74 Å². The Labute approximate surface area is 118 Å². The lowest BCUT2D eigenvalue weighted by Gasteiger charge is -2.24. The Hall–Kier alpha value is -1.85. The van der Waals surface area contributed by atoms with Crippen molar-refractivity contribution in [3.63, 3.8) is 0 Å². The van der Waals surface area contributed by atoms with Crippen molar-refractivity contribution < 1.29 is 14.3 Å². The SMILES string of the molecule is COC(=O)[C@H]1CCCCC[C@@H]1NC(=O)c1cn[nH]c1C. The highest BCUT2D eigenvalue weighted by Crippen LogP contribution is 2.25. The normalized spacial score (nSPS) is 22.9. The number of methoxy groups -OCH3 is 1. The molecule has 1 amide bonds. The van der Waals surface area contributed by atoms with Crippen molar-refractivity contribution >= 4 is 11.9 Å². The van der Waals surface area contributed by atoms with Gasteiger partial charge in [-0.15, -0.1) is 0 Å². The summed E-state index contributed by atoms with van der Waals surface area (Å²) in [6, 6.07) is -0.160. The van der Waals surface area contributed by atoms with Gasteiger partial charge in [0.05, 0.1) is 24.8 Å². The third-order valence-corrected chi connectivity index (χ3v) is 3.91.